The fourth-order valence-corrected chi connectivity index (χ4v) is 4.62. The van der Waals surface area contributed by atoms with Gasteiger partial charge in [-0.15, -0.1) is 0 Å². The predicted octanol–water partition coefficient (Wildman–Crippen LogP) is 2.43. The van der Waals surface area contributed by atoms with Gasteiger partial charge < -0.3 is 5.32 Å². The monoisotopic (exact) mass is 289 g/mol. The highest BCUT2D eigenvalue weighted by atomic mass is 32.2. The summed E-state index contributed by atoms with van der Waals surface area (Å²) in [5, 5.41) is 2.65. The molecular weight excluding hydrogens is 262 g/mol. The van der Waals surface area contributed by atoms with Gasteiger partial charge in [-0.3, -0.25) is 4.79 Å². The standard InChI is InChI=1S/C14H27NO3S/c1-4-14(5-2,6-3)15-13(16)11-19(17,18)12-9-7-8-10-12/h12H,4-11H2,1-3H3,(H,15,16). The third kappa shape index (κ3) is 4.20. The Kier molecular flexibility index (Phi) is 5.83. The van der Waals surface area contributed by atoms with Crippen molar-refractivity contribution in [2.24, 2.45) is 0 Å². The number of amides is 1. The molecule has 5 heteroatoms. The zero-order chi connectivity index (χ0) is 14.5. The zero-order valence-corrected chi connectivity index (χ0v) is 13.2. The van der Waals surface area contributed by atoms with Crippen LogP contribution in [0.3, 0.4) is 0 Å². The summed E-state index contributed by atoms with van der Waals surface area (Å²) in [5.74, 6) is -0.683. The van der Waals surface area contributed by atoms with Gasteiger partial charge in [0.05, 0.1) is 5.25 Å². The molecule has 112 valence electrons. The maximum absolute atomic E-state index is 12.1. The van der Waals surface area contributed by atoms with Crippen LogP contribution in [0.25, 0.3) is 0 Å². The molecule has 1 saturated carbocycles. The van der Waals surface area contributed by atoms with E-state index in [0.29, 0.717) is 0 Å². The Balaban J connectivity index is 2.64. The van der Waals surface area contributed by atoms with Gasteiger partial charge in [-0.25, -0.2) is 8.42 Å². The average molecular weight is 289 g/mol. The summed E-state index contributed by atoms with van der Waals surface area (Å²) in [7, 11) is -3.27. The first kappa shape index (κ1) is 16.5. The molecule has 19 heavy (non-hydrogen) atoms. The van der Waals surface area contributed by atoms with Gasteiger partial charge in [0.25, 0.3) is 0 Å². The maximum Gasteiger partial charge on any atom is 0.235 e. The van der Waals surface area contributed by atoms with Crippen LogP contribution in [0.4, 0.5) is 0 Å². The van der Waals surface area contributed by atoms with E-state index in [1.165, 1.54) is 0 Å². The van der Waals surface area contributed by atoms with Gasteiger partial charge >= 0.3 is 0 Å². The summed E-state index contributed by atoms with van der Waals surface area (Å²) in [6, 6.07) is 0. The van der Waals surface area contributed by atoms with Crippen LogP contribution in [0.15, 0.2) is 0 Å². The number of hydrogen-bond donors (Lipinski definition) is 1. The molecule has 0 bridgehead atoms. The van der Waals surface area contributed by atoms with Crippen molar-refractivity contribution in [3.05, 3.63) is 0 Å². The van der Waals surface area contributed by atoms with E-state index < -0.39 is 9.84 Å². The molecule has 1 fully saturated rings. The molecule has 0 aromatic rings. The summed E-state index contributed by atoms with van der Waals surface area (Å²) in [6.07, 6.45) is 5.86. The van der Waals surface area contributed by atoms with Gasteiger partial charge in [0.15, 0.2) is 9.84 Å². The third-order valence-electron chi connectivity index (χ3n) is 4.58. The van der Waals surface area contributed by atoms with Crippen molar-refractivity contribution in [3.63, 3.8) is 0 Å². The Hall–Kier alpha value is -0.580. The Bertz CT molecular complexity index is 385. The van der Waals surface area contributed by atoms with Crippen LogP contribution in [0.5, 0.6) is 0 Å². The lowest BCUT2D eigenvalue weighted by Crippen LogP contribution is -2.49. The van der Waals surface area contributed by atoms with Crippen LogP contribution >= 0.6 is 0 Å². The normalized spacial score (nSPS) is 17.6. The number of nitrogens with one attached hydrogen (secondary N) is 1. The van der Waals surface area contributed by atoms with Gasteiger partial charge in [-0.1, -0.05) is 33.6 Å². The number of rotatable bonds is 7. The lowest BCUT2D eigenvalue weighted by atomic mass is 9.90. The molecule has 0 heterocycles. The van der Waals surface area contributed by atoms with E-state index in [0.717, 1.165) is 44.9 Å². The summed E-state index contributed by atoms with van der Waals surface area (Å²) >= 11 is 0. The first-order valence-electron chi connectivity index (χ1n) is 7.41. The van der Waals surface area contributed by atoms with Gasteiger partial charge in [0, 0.05) is 5.54 Å². The van der Waals surface area contributed by atoms with Crippen LogP contribution in [-0.2, 0) is 14.6 Å². The smallest absolute Gasteiger partial charge is 0.235 e. The van der Waals surface area contributed by atoms with E-state index in [-0.39, 0.29) is 22.4 Å². The second-order valence-electron chi connectivity index (χ2n) is 5.60. The molecule has 1 rings (SSSR count). The first-order chi connectivity index (χ1) is 8.89. The molecule has 0 aliphatic heterocycles. The van der Waals surface area contributed by atoms with E-state index in [4.69, 9.17) is 0 Å². The van der Waals surface area contributed by atoms with E-state index >= 15 is 0 Å². The average Bonchev–Trinajstić information content (AvgIpc) is 2.90. The van der Waals surface area contributed by atoms with Crippen molar-refractivity contribution < 1.29 is 13.2 Å². The quantitative estimate of drug-likeness (QED) is 0.783. The summed E-state index contributed by atoms with van der Waals surface area (Å²) in [4.78, 5) is 12.0. The molecule has 1 N–H and O–H groups in total. The maximum atomic E-state index is 12.1. The second kappa shape index (κ2) is 6.73. The molecule has 1 amide bonds. The number of sulfone groups is 1. The van der Waals surface area contributed by atoms with Crippen LogP contribution < -0.4 is 5.32 Å². The molecule has 0 aromatic carbocycles. The van der Waals surface area contributed by atoms with Crippen LogP contribution in [0.1, 0.15) is 65.7 Å². The summed E-state index contributed by atoms with van der Waals surface area (Å²) in [6.45, 7) is 6.08. The molecule has 0 aromatic heterocycles. The van der Waals surface area contributed by atoms with Crippen molar-refractivity contribution in [2.45, 2.75) is 76.5 Å². The van der Waals surface area contributed by atoms with Crippen LogP contribution in [-0.4, -0.2) is 30.9 Å². The highest BCUT2D eigenvalue weighted by Crippen LogP contribution is 2.25. The molecule has 1 aliphatic carbocycles. The van der Waals surface area contributed by atoms with E-state index in [2.05, 4.69) is 5.32 Å². The highest BCUT2D eigenvalue weighted by Gasteiger charge is 2.33. The minimum Gasteiger partial charge on any atom is -0.350 e. The van der Waals surface area contributed by atoms with E-state index in [9.17, 15) is 13.2 Å². The molecule has 0 saturated heterocycles. The third-order valence-corrected chi connectivity index (χ3v) is 6.73. The molecule has 0 radical (unpaired) electrons. The van der Waals surface area contributed by atoms with E-state index in [1.807, 2.05) is 20.8 Å². The first-order valence-corrected chi connectivity index (χ1v) is 9.13. The molecule has 0 atom stereocenters. The predicted molar refractivity (Wildman–Crippen MR) is 77.8 cm³/mol. The van der Waals surface area contributed by atoms with Gasteiger partial charge in [-0.2, -0.15) is 0 Å². The largest absolute Gasteiger partial charge is 0.350 e. The SMILES string of the molecule is CCC(CC)(CC)NC(=O)CS(=O)(=O)C1CCCC1. The summed E-state index contributed by atoms with van der Waals surface area (Å²) in [5.41, 5.74) is -0.248. The number of carbonyl (C=O) groups is 1. The van der Waals surface area contributed by atoms with Gasteiger partial charge in [-0.05, 0) is 32.1 Å². The Morgan fingerprint density at radius 1 is 1.11 bits per heavy atom. The van der Waals surface area contributed by atoms with Gasteiger partial charge in [0.2, 0.25) is 5.91 Å². The zero-order valence-electron chi connectivity index (χ0n) is 12.4. The van der Waals surface area contributed by atoms with Crippen LogP contribution in [0.2, 0.25) is 0 Å². The Labute approximate surface area is 117 Å². The highest BCUT2D eigenvalue weighted by molar-refractivity contribution is 7.92. The Morgan fingerprint density at radius 3 is 2.00 bits per heavy atom. The molecule has 1 aliphatic rings. The van der Waals surface area contributed by atoms with Crippen molar-refractivity contribution >= 4 is 15.7 Å². The van der Waals surface area contributed by atoms with Gasteiger partial charge in [0.1, 0.15) is 5.75 Å². The van der Waals surface area contributed by atoms with Crippen molar-refractivity contribution in [3.8, 4) is 0 Å². The van der Waals surface area contributed by atoms with E-state index in [1.54, 1.807) is 0 Å². The van der Waals surface area contributed by atoms with Crippen molar-refractivity contribution in [1.29, 1.82) is 0 Å². The molecular formula is C14H27NO3S. The number of hydrogen-bond acceptors (Lipinski definition) is 3. The fraction of sp³-hybridized carbons (Fsp3) is 0.929. The molecule has 0 unspecified atom stereocenters. The molecule has 0 spiro atoms. The summed E-state index contributed by atoms with van der Waals surface area (Å²) < 4.78 is 24.3. The lowest BCUT2D eigenvalue weighted by Gasteiger charge is -2.31. The van der Waals surface area contributed by atoms with Crippen LogP contribution in [0, 0.1) is 0 Å². The van der Waals surface area contributed by atoms with Crippen molar-refractivity contribution in [2.75, 3.05) is 5.75 Å². The topological polar surface area (TPSA) is 63.2 Å². The van der Waals surface area contributed by atoms with Crippen molar-refractivity contribution in [1.82, 2.24) is 5.32 Å². The minimum atomic E-state index is -3.27. The molecule has 4 nitrogen and oxygen atoms in total. The Morgan fingerprint density at radius 2 is 1.58 bits per heavy atom. The fourth-order valence-electron chi connectivity index (χ4n) is 2.90. The number of carbonyl (C=O) groups excluding carboxylic acids is 1. The second-order valence-corrected chi connectivity index (χ2v) is 7.88. The minimum absolute atomic E-state index is 0.248. The lowest BCUT2D eigenvalue weighted by molar-refractivity contribution is -0.120.